The van der Waals surface area contributed by atoms with Gasteiger partial charge in [0.15, 0.2) is 0 Å². The molecule has 2 aromatic rings. The minimum absolute atomic E-state index is 0.254. The van der Waals surface area contributed by atoms with Crippen LogP contribution in [-0.4, -0.2) is 21.3 Å². The molecule has 0 saturated heterocycles. The molecule has 0 fully saturated rings. The number of anilines is 2. The van der Waals surface area contributed by atoms with Crippen LogP contribution in [0.4, 0.5) is 16.3 Å². The zero-order valence-electron chi connectivity index (χ0n) is 10.2. The lowest BCUT2D eigenvalue weighted by molar-refractivity contribution is 0.625. The zero-order chi connectivity index (χ0) is 13.0. The molecule has 1 aromatic heterocycles. The largest absolute Gasteiger partial charge is 0.368 e. The number of aromatic nitrogens is 3. The van der Waals surface area contributed by atoms with E-state index in [-0.39, 0.29) is 5.82 Å². The molecule has 0 bridgehead atoms. The van der Waals surface area contributed by atoms with Crippen LogP contribution in [-0.2, 0) is 6.54 Å². The first-order valence-corrected chi connectivity index (χ1v) is 5.87. The van der Waals surface area contributed by atoms with Crippen LogP contribution in [0.2, 0.25) is 0 Å². The molecule has 0 amide bonds. The van der Waals surface area contributed by atoms with Gasteiger partial charge in [-0.3, -0.25) is 0 Å². The molecule has 0 atom stereocenters. The van der Waals surface area contributed by atoms with E-state index in [1.165, 1.54) is 12.1 Å². The number of halogens is 1. The number of nitrogen functional groups attached to an aromatic ring is 1. The van der Waals surface area contributed by atoms with Gasteiger partial charge in [0, 0.05) is 6.54 Å². The molecule has 1 aromatic carbocycles. The van der Waals surface area contributed by atoms with E-state index < -0.39 is 0 Å². The summed E-state index contributed by atoms with van der Waals surface area (Å²) in [6.45, 7) is 3.35. The van der Waals surface area contributed by atoms with Gasteiger partial charge in [-0.2, -0.15) is 4.98 Å². The van der Waals surface area contributed by atoms with E-state index in [4.69, 9.17) is 5.73 Å². The predicted octanol–water partition coefficient (Wildman–Crippen LogP) is 1.87. The second kappa shape index (κ2) is 5.48. The van der Waals surface area contributed by atoms with Gasteiger partial charge in [0.2, 0.25) is 11.9 Å². The fourth-order valence-electron chi connectivity index (χ4n) is 1.54. The van der Waals surface area contributed by atoms with E-state index in [1.807, 2.05) is 0 Å². The summed E-state index contributed by atoms with van der Waals surface area (Å²) in [6, 6.07) is 6.24. The monoisotopic (exact) mass is 249 g/mol. The second-order valence-electron chi connectivity index (χ2n) is 4.00. The minimum Gasteiger partial charge on any atom is -0.368 e. The SMILES string of the molecule is CCCNc1nc(N)n(Cc2ccc(F)cc2)n1. The highest BCUT2D eigenvalue weighted by molar-refractivity contribution is 5.32. The van der Waals surface area contributed by atoms with Gasteiger partial charge in [0.05, 0.1) is 6.54 Å². The molecular weight excluding hydrogens is 233 g/mol. The summed E-state index contributed by atoms with van der Waals surface area (Å²) in [5.41, 5.74) is 6.69. The van der Waals surface area contributed by atoms with Gasteiger partial charge < -0.3 is 11.1 Å². The lowest BCUT2D eigenvalue weighted by Gasteiger charge is -2.02. The van der Waals surface area contributed by atoms with Crippen LogP contribution in [0.15, 0.2) is 24.3 Å². The number of nitrogens with one attached hydrogen (secondary N) is 1. The van der Waals surface area contributed by atoms with Gasteiger partial charge >= 0.3 is 0 Å². The highest BCUT2D eigenvalue weighted by Gasteiger charge is 2.06. The number of nitrogens with zero attached hydrogens (tertiary/aromatic N) is 3. The molecule has 18 heavy (non-hydrogen) atoms. The molecule has 1 heterocycles. The van der Waals surface area contributed by atoms with Crippen molar-refractivity contribution in [2.75, 3.05) is 17.6 Å². The molecule has 2 rings (SSSR count). The Labute approximate surface area is 105 Å². The van der Waals surface area contributed by atoms with Gasteiger partial charge in [0.25, 0.3) is 0 Å². The summed E-state index contributed by atoms with van der Waals surface area (Å²) >= 11 is 0. The Bertz CT molecular complexity index is 506. The topological polar surface area (TPSA) is 68.8 Å². The molecular formula is C12H16FN5. The third-order valence-electron chi connectivity index (χ3n) is 2.48. The van der Waals surface area contributed by atoms with Gasteiger partial charge in [-0.05, 0) is 24.1 Å². The minimum atomic E-state index is -0.254. The molecule has 6 heteroatoms. The molecule has 3 N–H and O–H groups in total. The summed E-state index contributed by atoms with van der Waals surface area (Å²) in [5.74, 6) is 0.616. The van der Waals surface area contributed by atoms with Crippen molar-refractivity contribution in [3.8, 4) is 0 Å². The first-order chi connectivity index (χ1) is 8.69. The van der Waals surface area contributed by atoms with Gasteiger partial charge in [-0.25, -0.2) is 9.07 Å². The summed E-state index contributed by atoms with van der Waals surface area (Å²) in [6.07, 6.45) is 0.992. The quantitative estimate of drug-likeness (QED) is 0.848. The van der Waals surface area contributed by atoms with Crippen LogP contribution in [0, 0.1) is 5.82 Å². The maximum absolute atomic E-state index is 12.8. The number of nitrogens with two attached hydrogens (primary N) is 1. The molecule has 0 aliphatic rings. The fourth-order valence-corrected chi connectivity index (χ4v) is 1.54. The summed E-state index contributed by atoms with van der Waals surface area (Å²) in [4.78, 5) is 4.11. The van der Waals surface area contributed by atoms with E-state index in [0.29, 0.717) is 18.4 Å². The van der Waals surface area contributed by atoms with Crippen LogP contribution < -0.4 is 11.1 Å². The van der Waals surface area contributed by atoms with Crippen molar-refractivity contribution in [2.24, 2.45) is 0 Å². The van der Waals surface area contributed by atoms with Crippen molar-refractivity contribution in [3.63, 3.8) is 0 Å². The summed E-state index contributed by atoms with van der Waals surface area (Å²) in [5, 5.41) is 7.31. The second-order valence-corrected chi connectivity index (χ2v) is 4.00. The van der Waals surface area contributed by atoms with E-state index in [0.717, 1.165) is 18.5 Å². The first-order valence-electron chi connectivity index (χ1n) is 5.87. The fraction of sp³-hybridized carbons (Fsp3) is 0.333. The zero-order valence-corrected chi connectivity index (χ0v) is 10.2. The number of benzene rings is 1. The van der Waals surface area contributed by atoms with Gasteiger partial charge in [0.1, 0.15) is 5.82 Å². The maximum atomic E-state index is 12.8. The predicted molar refractivity (Wildman–Crippen MR) is 68.7 cm³/mol. The summed E-state index contributed by atoms with van der Waals surface area (Å²) < 4.78 is 14.4. The van der Waals surface area contributed by atoms with Crippen molar-refractivity contribution in [3.05, 3.63) is 35.6 Å². The summed E-state index contributed by atoms with van der Waals surface area (Å²) in [7, 11) is 0. The molecule has 0 aliphatic carbocycles. The first kappa shape index (κ1) is 12.3. The Morgan fingerprint density at radius 2 is 2.06 bits per heavy atom. The third kappa shape index (κ3) is 2.97. The van der Waals surface area contributed by atoms with Crippen LogP contribution in [0.5, 0.6) is 0 Å². The van der Waals surface area contributed by atoms with Crippen molar-refractivity contribution in [2.45, 2.75) is 19.9 Å². The Kier molecular flexibility index (Phi) is 3.76. The Morgan fingerprint density at radius 1 is 1.33 bits per heavy atom. The van der Waals surface area contributed by atoms with E-state index in [1.54, 1.807) is 16.8 Å². The molecule has 0 radical (unpaired) electrons. The number of rotatable bonds is 5. The molecule has 0 aliphatic heterocycles. The number of hydrogen-bond acceptors (Lipinski definition) is 4. The smallest absolute Gasteiger partial charge is 0.243 e. The van der Waals surface area contributed by atoms with Crippen molar-refractivity contribution in [1.82, 2.24) is 14.8 Å². The van der Waals surface area contributed by atoms with E-state index in [9.17, 15) is 4.39 Å². The van der Waals surface area contributed by atoms with Crippen molar-refractivity contribution >= 4 is 11.9 Å². The highest BCUT2D eigenvalue weighted by Crippen LogP contribution is 2.10. The van der Waals surface area contributed by atoms with Crippen LogP contribution in [0.25, 0.3) is 0 Å². The lowest BCUT2D eigenvalue weighted by atomic mass is 10.2. The normalized spacial score (nSPS) is 10.6. The van der Waals surface area contributed by atoms with Crippen LogP contribution >= 0.6 is 0 Å². The Balaban J connectivity index is 2.08. The van der Waals surface area contributed by atoms with Crippen LogP contribution in [0.1, 0.15) is 18.9 Å². The average Bonchev–Trinajstić information content (AvgIpc) is 2.70. The number of hydrogen-bond donors (Lipinski definition) is 2. The van der Waals surface area contributed by atoms with E-state index >= 15 is 0 Å². The van der Waals surface area contributed by atoms with Crippen LogP contribution in [0.3, 0.4) is 0 Å². The lowest BCUT2D eigenvalue weighted by Crippen LogP contribution is -2.07. The van der Waals surface area contributed by atoms with Crippen molar-refractivity contribution in [1.29, 1.82) is 0 Å². The third-order valence-corrected chi connectivity index (χ3v) is 2.48. The molecule has 5 nitrogen and oxygen atoms in total. The van der Waals surface area contributed by atoms with Gasteiger partial charge in [-0.1, -0.05) is 19.1 Å². The molecule has 0 unspecified atom stereocenters. The Morgan fingerprint density at radius 3 is 2.72 bits per heavy atom. The highest BCUT2D eigenvalue weighted by atomic mass is 19.1. The molecule has 0 saturated carbocycles. The van der Waals surface area contributed by atoms with Crippen molar-refractivity contribution < 1.29 is 4.39 Å². The molecule has 96 valence electrons. The maximum Gasteiger partial charge on any atom is 0.243 e. The van der Waals surface area contributed by atoms with Gasteiger partial charge in [-0.15, -0.1) is 5.10 Å². The average molecular weight is 249 g/mol. The molecule has 0 spiro atoms. The Hall–Kier alpha value is -2.11. The van der Waals surface area contributed by atoms with E-state index in [2.05, 4.69) is 22.3 Å². The standard InChI is InChI=1S/C12H16FN5/c1-2-7-15-12-16-11(14)18(17-12)8-9-3-5-10(13)6-4-9/h3-6H,2,7-8H2,1H3,(H3,14,15,16,17).